The molecular formula is C37H68N2O9. The number of esters is 4. The molecule has 0 aromatic heterocycles. The zero-order valence-electron chi connectivity index (χ0n) is 31.1. The molecule has 11 heteroatoms. The molecule has 1 heterocycles. The molecule has 11 nitrogen and oxygen atoms in total. The lowest BCUT2D eigenvalue weighted by Gasteiger charge is -2.24. The molecule has 0 spiro atoms. The maximum atomic E-state index is 13.1. The normalized spacial score (nSPS) is 19.1. The molecule has 1 unspecified atom stereocenters. The number of ether oxygens (including phenoxy) is 5. The van der Waals surface area contributed by atoms with Crippen molar-refractivity contribution < 1.29 is 42.9 Å². The van der Waals surface area contributed by atoms with Crippen LogP contribution in [-0.2, 0) is 42.9 Å². The number of rotatable bonds is 29. The average Bonchev–Trinajstić information content (AvgIpc) is 3.33. The smallest absolute Gasteiger partial charge is 0.308 e. The minimum atomic E-state index is -1.29. The third-order valence-corrected chi connectivity index (χ3v) is 8.40. The third kappa shape index (κ3) is 21.7. The SMILES string of the molecule is CCCCCCCCCC(=O)OC1[C@H](OC(=O)CCCN(C)C)O[C@H](COC(=O)CCCN(C)C)[C@@H]1OC(=O)CCCCCCCCC. The van der Waals surface area contributed by atoms with Gasteiger partial charge >= 0.3 is 23.9 Å². The number of hydrogen-bond donors (Lipinski definition) is 0. The molecule has 1 aliphatic heterocycles. The summed E-state index contributed by atoms with van der Waals surface area (Å²) in [5, 5.41) is 0. The average molecular weight is 685 g/mol. The lowest BCUT2D eigenvalue weighted by atomic mass is 10.1. The molecule has 0 amide bonds. The molecule has 0 radical (unpaired) electrons. The predicted molar refractivity (Wildman–Crippen MR) is 186 cm³/mol. The second-order valence-corrected chi connectivity index (χ2v) is 13.7. The molecule has 1 rings (SSSR count). The first kappa shape index (κ1) is 43.8. The maximum Gasteiger partial charge on any atom is 0.308 e. The van der Waals surface area contributed by atoms with Crippen LogP contribution in [0.4, 0.5) is 0 Å². The summed E-state index contributed by atoms with van der Waals surface area (Å²) in [5.41, 5.74) is 0. The van der Waals surface area contributed by atoms with Crippen molar-refractivity contribution in [3.63, 3.8) is 0 Å². The summed E-state index contributed by atoms with van der Waals surface area (Å²) >= 11 is 0. The van der Waals surface area contributed by atoms with Crippen molar-refractivity contribution in [3.05, 3.63) is 0 Å². The van der Waals surface area contributed by atoms with Crippen LogP contribution in [0, 0.1) is 0 Å². The second-order valence-electron chi connectivity index (χ2n) is 13.7. The van der Waals surface area contributed by atoms with E-state index in [1.54, 1.807) is 0 Å². The van der Waals surface area contributed by atoms with E-state index < -0.39 is 48.5 Å². The predicted octanol–water partition coefficient (Wildman–Crippen LogP) is 6.59. The molecule has 1 saturated heterocycles. The van der Waals surface area contributed by atoms with Crippen LogP contribution in [0.25, 0.3) is 0 Å². The summed E-state index contributed by atoms with van der Waals surface area (Å²) in [4.78, 5) is 55.4. The van der Waals surface area contributed by atoms with Crippen LogP contribution in [0.2, 0.25) is 0 Å². The molecular weight excluding hydrogens is 616 g/mol. The van der Waals surface area contributed by atoms with Gasteiger partial charge in [-0.1, -0.05) is 90.9 Å². The number of carbonyl (C=O) groups is 4. The Morgan fingerprint density at radius 2 is 0.896 bits per heavy atom. The van der Waals surface area contributed by atoms with Gasteiger partial charge in [-0.05, 0) is 67.0 Å². The molecule has 280 valence electrons. The number of carbonyl (C=O) groups excluding carboxylic acids is 4. The number of unbranched alkanes of at least 4 members (excludes halogenated alkanes) is 12. The highest BCUT2D eigenvalue weighted by atomic mass is 16.8. The van der Waals surface area contributed by atoms with E-state index in [4.69, 9.17) is 23.7 Å². The summed E-state index contributed by atoms with van der Waals surface area (Å²) in [6, 6.07) is 0. The van der Waals surface area contributed by atoms with Gasteiger partial charge in [0.25, 0.3) is 0 Å². The van der Waals surface area contributed by atoms with Gasteiger partial charge in [-0.3, -0.25) is 19.2 Å². The lowest BCUT2D eigenvalue weighted by molar-refractivity contribution is -0.200. The first-order chi connectivity index (χ1) is 23.1. The first-order valence-electron chi connectivity index (χ1n) is 18.8. The van der Waals surface area contributed by atoms with E-state index in [1.807, 2.05) is 38.0 Å². The summed E-state index contributed by atoms with van der Waals surface area (Å²) in [5.74, 6) is -1.85. The highest BCUT2D eigenvalue weighted by Crippen LogP contribution is 2.30. The second kappa shape index (κ2) is 27.6. The molecule has 0 aromatic rings. The fourth-order valence-electron chi connectivity index (χ4n) is 5.58. The zero-order valence-corrected chi connectivity index (χ0v) is 31.1. The molecule has 48 heavy (non-hydrogen) atoms. The molecule has 0 aromatic carbocycles. The van der Waals surface area contributed by atoms with Gasteiger partial charge in [0.05, 0.1) is 0 Å². The van der Waals surface area contributed by atoms with E-state index in [1.165, 1.54) is 38.5 Å². The Labute approximate surface area is 291 Å². The van der Waals surface area contributed by atoms with Crippen molar-refractivity contribution >= 4 is 23.9 Å². The maximum absolute atomic E-state index is 13.1. The van der Waals surface area contributed by atoms with Crippen molar-refractivity contribution in [2.45, 2.75) is 167 Å². The van der Waals surface area contributed by atoms with Crippen molar-refractivity contribution in [2.75, 3.05) is 47.9 Å². The van der Waals surface area contributed by atoms with Gasteiger partial charge in [0, 0.05) is 25.7 Å². The summed E-state index contributed by atoms with van der Waals surface area (Å²) in [6.45, 7) is 5.56. The van der Waals surface area contributed by atoms with Gasteiger partial charge < -0.3 is 33.5 Å². The van der Waals surface area contributed by atoms with Gasteiger partial charge in [0.15, 0.2) is 6.10 Å². The van der Waals surface area contributed by atoms with Gasteiger partial charge in [0.1, 0.15) is 12.7 Å². The molecule has 0 bridgehead atoms. The lowest BCUT2D eigenvalue weighted by Crippen LogP contribution is -2.42. The van der Waals surface area contributed by atoms with Crippen LogP contribution in [0.5, 0.6) is 0 Å². The monoisotopic (exact) mass is 684 g/mol. The van der Waals surface area contributed by atoms with Crippen LogP contribution >= 0.6 is 0 Å². The zero-order chi connectivity index (χ0) is 35.6. The van der Waals surface area contributed by atoms with Crippen LogP contribution in [-0.4, -0.2) is 106 Å². The van der Waals surface area contributed by atoms with E-state index in [0.29, 0.717) is 32.2 Å². The van der Waals surface area contributed by atoms with Crippen LogP contribution in [0.1, 0.15) is 142 Å². The van der Waals surface area contributed by atoms with E-state index in [0.717, 1.165) is 45.1 Å². The Balaban J connectivity index is 2.98. The summed E-state index contributed by atoms with van der Waals surface area (Å²) in [7, 11) is 7.70. The van der Waals surface area contributed by atoms with Gasteiger partial charge in [-0.25, -0.2) is 0 Å². The van der Waals surface area contributed by atoms with Crippen molar-refractivity contribution in [1.82, 2.24) is 9.80 Å². The van der Waals surface area contributed by atoms with Gasteiger partial charge in [-0.15, -0.1) is 0 Å². The minimum Gasteiger partial charge on any atom is -0.463 e. The Bertz CT molecular complexity index is 883. The number of hydrogen-bond acceptors (Lipinski definition) is 11. The summed E-state index contributed by atoms with van der Waals surface area (Å²) in [6.07, 6.45) is 12.2. The van der Waals surface area contributed by atoms with E-state index >= 15 is 0 Å². The van der Waals surface area contributed by atoms with E-state index in [2.05, 4.69) is 13.8 Å². The van der Waals surface area contributed by atoms with Crippen LogP contribution in [0.15, 0.2) is 0 Å². The molecule has 1 fully saturated rings. The van der Waals surface area contributed by atoms with Crippen molar-refractivity contribution in [1.29, 1.82) is 0 Å². The Hall–Kier alpha value is -2.24. The molecule has 0 N–H and O–H groups in total. The molecule has 1 aliphatic rings. The van der Waals surface area contributed by atoms with E-state index in [-0.39, 0.29) is 32.3 Å². The van der Waals surface area contributed by atoms with Crippen LogP contribution in [0.3, 0.4) is 0 Å². The Kier molecular flexibility index (Phi) is 25.1. The van der Waals surface area contributed by atoms with Gasteiger partial charge in [0.2, 0.25) is 12.4 Å². The van der Waals surface area contributed by atoms with Crippen LogP contribution < -0.4 is 0 Å². The summed E-state index contributed by atoms with van der Waals surface area (Å²) < 4.78 is 29.0. The number of nitrogens with zero attached hydrogens (tertiary/aromatic N) is 2. The molecule has 0 saturated carbocycles. The third-order valence-electron chi connectivity index (χ3n) is 8.40. The topological polar surface area (TPSA) is 121 Å². The first-order valence-corrected chi connectivity index (χ1v) is 18.8. The van der Waals surface area contributed by atoms with Crippen molar-refractivity contribution in [3.8, 4) is 0 Å². The Morgan fingerprint density at radius 1 is 0.500 bits per heavy atom. The standard InChI is InChI=1S/C37H68N2O9/c1-7-9-11-13-15-17-19-23-32(41)46-35-30(29-44-31(40)25-21-27-38(3)4)45-37(48-34(43)26-22-28-39(5)6)36(35)47-33(42)24-20-18-16-14-12-10-8-2/h30,35-37H,7-29H2,1-6H3/t30-,35+,36?,37+/m1/s1. The highest BCUT2D eigenvalue weighted by molar-refractivity contribution is 5.72. The largest absolute Gasteiger partial charge is 0.463 e. The van der Waals surface area contributed by atoms with Crippen molar-refractivity contribution in [2.24, 2.45) is 0 Å². The van der Waals surface area contributed by atoms with E-state index in [9.17, 15) is 19.2 Å². The molecule has 4 atom stereocenters. The van der Waals surface area contributed by atoms with Gasteiger partial charge in [-0.2, -0.15) is 0 Å². The molecule has 0 aliphatic carbocycles. The fourth-order valence-corrected chi connectivity index (χ4v) is 5.58. The Morgan fingerprint density at radius 3 is 1.38 bits per heavy atom. The quantitative estimate of drug-likeness (QED) is 0.0482. The minimum absolute atomic E-state index is 0.144. The fraction of sp³-hybridized carbons (Fsp3) is 0.892. The highest BCUT2D eigenvalue weighted by Gasteiger charge is 2.52.